The van der Waals surface area contributed by atoms with Crippen molar-refractivity contribution >= 4 is 40.3 Å². The van der Waals surface area contributed by atoms with E-state index in [2.05, 4.69) is 6.58 Å². The van der Waals surface area contributed by atoms with Gasteiger partial charge in [-0.2, -0.15) is 0 Å². The van der Waals surface area contributed by atoms with Crippen LogP contribution >= 0.6 is 34.6 Å². The molecule has 3 heterocycles. The van der Waals surface area contributed by atoms with Crippen molar-refractivity contribution in [1.29, 1.82) is 0 Å². The number of benzene rings is 2. The zero-order valence-corrected chi connectivity index (χ0v) is 35.3. The third-order valence-corrected chi connectivity index (χ3v) is 9.63. The van der Waals surface area contributed by atoms with E-state index in [9.17, 15) is 28.8 Å². The number of methoxy groups -OCH3 is 2. The van der Waals surface area contributed by atoms with Gasteiger partial charge in [-0.1, -0.05) is 52.5 Å². The summed E-state index contributed by atoms with van der Waals surface area (Å²) < 4.78 is 17.5. The Balaban J connectivity index is 0.000000387. The largest absolute Gasteiger partial charge is 0.497 e. The van der Waals surface area contributed by atoms with Crippen LogP contribution in [0.5, 0.6) is 5.75 Å². The number of aromatic nitrogens is 6. The van der Waals surface area contributed by atoms with Crippen LogP contribution in [-0.4, -0.2) is 39.8 Å². The lowest BCUT2D eigenvalue weighted by molar-refractivity contribution is 0.307. The van der Waals surface area contributed by atoms with E-state index < -0.39 is 5.69 Å². The topological polar surface area (TPSA) is 150 Å². The molecule has 0 spiro atoms. The van der Waals surface area contributed by atoms with E-state index >= 15 is 0 Å². The molecule has 0 bridgehead atoms. The first kappa shape index (κ1) is 46.8. The Morgan fingerprint density at radius 2 is 1.28 bits per heavy atom. The smallest absolute Gasteiger partial charge is 0.346 e. The van der Waals surface area contributed by atoms with Gasteiger partial charge < -0.3 is 9.47 Å². The average molecular weight is 803 g/mol. The van der Waals surface area contributed by atoms with Gasteiger partial charge in [-0.3, -0.25) is 23.5 Å². The van der Waals surface area contributed by atoms with Gasteiger partial charge in [-0.15, -0.1) is 0 Å². The second kappa shape index (κ2) is 22.7. The molecule has 0 amide bonds. The Morgan fingerprint density at radius 3 is 1.70 bits per heavy atom. The minimum absolute atomic E-state index is 0.114. The number of nitrogens with zero attached hydrogens (tertiary/aromatic N) is 6. The highest BCUT2D eigenvalue weighted by atomic mass is 32.1. The maximum atomic E-state index is 12.1. The van der Waals surface area contributed by atoms with Gasteiger partial charge in [-0.25, -0.2) is 30.8 Å². The molecule has 0 saturated heterocycles. The SMILES string of the molecule is C=C(/C=C(\C=C/C)OC)n1sc(=O)n(C)c1=O.CC.CC.COc1ccc(-n2sc(=O)n(C)c2=O)cc1.Cc1cccc(-n2sc(=O)n(C(C)C)c2=O)c1. The van der Waals surface area contributed by atoms with E-state index in [1.165, 1.54) is 37.6 Å². The minimum atomic E-state index is -0.405. The van der Waals surface area contributed by atoms with Crippen molar-refractivity contribution in [1.82, 2.24) is 25.6 Å². The molecule has 0 aliphatic carbocycles. The molecule has 0 aliphatic rings. The number of hydrogen-bond donors (Lipinski definition) is 0. The van der Waals surface area contributed by atoms with Crippen LogP contribution in [0.15, 0.2) is 108 Å². The lowest BCUT2D eigenvalue weighted by Gasteiger charge is -2.03. The lowest BCUT2D eigenvalue weighted by Crippen LogP contribution is -2.29. The molecule has 5 aromatic rings. The Bertz CT molecular complexity index is 2370. The van der Waals surface area contributed by atoms with Crippen LogP contribution in [0, 0.1) is 6.92 Å². The van der Waals surface area contributed by atoms with Crippen molar-refractivity contribution < 1.29 is 9.47 Å². The summed E-state index contributed by atoms with van der Waals surface area (Å²) in [6, 6.07) is 14.4. The van der Waals surface area contributed by atoms with Gasteiger partial charge in [0.05, 0.1) is 31.3 Å². The number of ether oxygens (including phenoxy) is 2. The molecule has 0 radical (unpaired) electrons. The van der Waals surface area contributed by atoms with Gasteiger partial charge >= 0.3 is 31.7 Å². The van der Waals surface area contributed by atoms with Crippen LogP contribution in [0.1, 0.15) is 60.1 Å². The molecule has 17 heteroatoms. The molecule has 0 aliphatic heterocycles. The first-order valence-electron chi connectivity index (χ1n) is 16.9. The summed E-state index contributed by atoms with van der Waals surface area (Å²) in [6.45, 7) is 19.2. The number of allylic oxidation sites excluding steroid dienone is 4. The fraction of sp³-hybridized carbons (Fsp3) is 0.351. The van der Waals surface area contributed by atoms with Crippen molar-refractivity contribution in [2.45, 2.75) is 61.4 Å². The molecule has 0 atom stereocenters. The second-order valence-corrected chi connectivity index (χ2v) is 13.4. The minimum Gasteiger partial charge on any atom is -0.497 e. The molecule has 5 rings (SSSR count). The monoisotopic (exact) mass is 802 g/mol. The first-order chi connectivity index (χ1) is 25.6. The highest BCUT2D eigenvalue weighted by Crippen LogP contribution is 2.14. The Hall–Kier alpha value is -5.26. The Morgan fingerprint density at radius 1 is 0.741 bits per heavy atom. The van der Waals surface area contributed by atoms with Gasteiger partial charge in [0.15, 0.2) is 0 Å². The van der Waals surface area contributed by atoms with Crippen molar-refractivity contribution in [3.05, 3.63) is 145 Å². The van der Waals surface area contributed by atoms with Gasteiger partial charge in [0.25, 0.3) is 0 Å². The molecule has 14 nitrogen and oxygen atoms in total. The van der Waals surface area contributed by atoms with Crippen molar-refractivity contribution in [3.63, 3.8) is 0 Å². The molecule has 3 aromatic heterocycles. The van der Waals surface area contributed by atoms with E-state index in [1.54, 1.807) is 49.6 Å². The number of rotatable bonds is 8. The Kier molecular flexibility index (Phi) is 19.7. The quantitative estimate of drug-likeness (QED) is 0.141. The molecule has 2 aromatic carbocycles. The van der Waals surface area contributed by atoms with Gasteiger partial charge in [0, 0.05) is 60.8 Å². The maximum absolute atomic E-state index is 12.1. The molecule has 0 saturated carbocycles. The maximum Gasteiger partial charge on any atom is 0.346 e. The van der Waals surface area contributed by atoms with E-state index in [0.717, 1.165) is 55.0 Å². The summed E-state index contributed by atoms with van der Waals surface area (Å²) in [7, 11) is 5.98. The van der Waals surface area contributed by atoms with E-state index in [-0.39, 0.29) is 32.0 Å². The zero-order chi connectivity index (χ0) is 41.3. The molecule has 0 unspecified atom stereocenters. The van der Waals surface area contributed by atoms with Crippen LogP contribution < -0.4 is 36.4 Å². The van der Waals surface area contributed by atoms with Crippen LogP contribution in [-0.2, 0) is 18.8 Å². The van der Waals surface area contributed by atoms with Crippen LogP contribution in [0.25, 0.3) is 17.1 Å². The van der Waals surface area contributed by atoms with Gasteiger partial charge in [-0.05, 0) is 75.7 Å². The van der Waals surface area contributed by atoms with Crippen LogP contribution in [0.4, 0.5) is 0 Å². The van der Waals surface area contributed by atoms with E-state index in [1.807, 2.05) is 79.7 Å². The Labute approximate surface area is 326 Å². The number of hydrogen-bond acceptors (Lipinski definition) is 11. The molecule has 0 N–H and O–H groups in total. The summed E-state index contributed by atoms with van der Waals surface area (Å²) in [5.41, 5.74) is 1.86. The zero-order valence-electron chi connectivity index (χ0n) is 32.8. The van der Waals surface area contributed by atoms with Crippen LogP contribution in [0.2, 0.25) is 0 Å². The highest BCUT2D eigenvalue weighted by Gasteiger charge is 2.14. The van der Waals surface area contributed by atoms with Crippen molar-refractivity contribution in [3.8, 4) is 17.1 Å². The predicted molar refractivity (Wildman–Crippen MR) is 223 cm³/mol. The van der Waals surface area contributed by atoms with E-state index in [0.29, 0.717) is 22.9 Å². The van der Waals surface area contributed by atoms with Crippen molar-refractivity contribution in [2.75, 3.05) is 14.2 Å². The molecule has 54 heavy (non-hydrogen) atoms. The summed E-state index contributed by atoms with van der Waals surface area (Å²) in [6.07, 6.45) is 5.14. The normalized spacial score (nSPS) is 10.6. The van der Waals surface area contributed by atoms with Gasteiger partial charge in [0.2, 0.25) is 0 Å². The average Bonchev–Trinajstić information content (AvgIpc) is 3.73. The molecular formula is C37H50N6O8S3. The first-order valence-corrected chi connectivity index (χ1v) is 19.2. The fourth-order valence-corrected chi connectivity index (χ4v) is 6.53. The predicted octanol–water partition coefficient (Wildman–Crippen LogP) is 5.79. The summed E-state index contributed by atoms with van der Waals surface area (Å²) in [5.74, 6) is 1.27. The summed E-state index contributed by atoms with van der Waals surface area (Å²) in [4.78, 5) is 68.9. The van der Waals surface area contributed by atoms with E-state index in [4.69, 9.17) is 9.47 Å². The van der Waals surface area contributed by atoms with Gasteiger partial charge in [0.1, 0.15) is 11.5 Å². The third-order valence-electron chi connectivity index (χ3n) is 6.75. The van der Waals surface area contributed by atoms with Crippen molar-refractivity contribution in [2.24, 2.45) is 14.1 Å². The molecule has 294 valence electrons. The molecule has 0 fully saturated rings. The lowest BCUT2D eigenvalue weighted by atomic mass is 10.2. The third kappa shape index (κ3) is 12.1. The van der Waals surface area contributed by atoms with Crippen LogP contribution in [0.3, 0.4) is 0 Å². The summed E-state index contributed by atoms with van der Waals surface area (Å²) >= 11 is 2.63. The number of aryl methyl sites for hydroxylation is 1. The molecular weight excluding hydrogens is 753 g/mol. The fourth-order valence-electron chi connectivity index (χ4n) is 4.10. The standard InChI is InChI=1S/C12H14N2O2S.C11H14N2O3S.C10H10N2O3S.2C2H6/c1-8(2)13-11(15)14(17-12(13)16)10-6-4-5-9(3)7-10;1-5-6-9(16-4)7-8(2)13-10(14)12(3)11(15)17-13;1-11-9(13)12(16-10(11)14)7-3-5-8(15-2)6-4-7;2*1-2/h4-8H,1-3H3;5-7H,2H2,1,3-4H3;3-6H,1-2H3;2*1-2H3/b;6-5-,9-7+;;;. The highest BCUT2D eigenvalue weighted by molar-refractivity contribution is 7.04. The summed E-state index contributed by atoms with van der Waals surface area (Å²) in [5, 5.41) is 0. The second-order valence-electron chi connectivity index (χ2n) is 10.7.